The van der Waals surface area contributed by atoms with Gasteiger partial charge in [0.25, 0.3) is 0 Å². The van der Waals surface area contributed by atoms with E-state index in [0.29, 0.717) is 5.41 Å². The van der Waals surface area contributed by atoms with Crippen LogP contribution in [0.3, 0.4) is 0 Å². The van der Waals surface area contributed by atoms with Crippen LogP contribution in [0, 0.1) is 5.41 Å². The standard InChI is InChI=1S/C7H10.2C6H8.C5H7N/c1-7(2)5-3-4-6-7;3*1-6-4-2-3-5-6/h3-6H,1-2H3;2,4-5H,3H2,1H3;2-4H,5H2,1H3;2-5H,1H3. The van der Waals surface area contributed by atoms with Crippen LogP contribution in [0.4, 0.5) is 0 Å². The SMILES string of the molecule is CC1(C)C=CC=C1.CC1=CC=CC1.CC1=CCC=C1.Cn1cccc1. The molecule has 0 N–H and O–H groups in total. The summed E-state index contributed by atoms with van der Waals surface area (Å²) >= 11 is 0. The van der Waals surface area contributed by atoms with Crippen LogP contribution >= 0.6 is 0 Å². The molecule has 1 aromatic rings. The maximum absolute atomic E-state index is 2.21. The van der Waals surface area contributed by atoms with Crippen molar-refractivity contribution in [2.24, 2.45) is 12.5 Å². The lowest BCUT2D eigenvalue weighted by atomic mass is 9.97. The predicted molar refractivity (Wildman–Crippen MR) is 113 cm³/mol. The Kier molecular flexibility index (Phi) is 9.39. The van der Waals surface area contributed by atoms with Gasteiger partial charge >= 0.3 is 0 Å². The van der Waals surface area contributed by atoms with Crippen LogP contribution in [-0.2, 0) is 7.05 Å². The first-order valence-electron chi connectivity index (χ1n) is 8.99. The summed E-state index contributed by atoms with van der Waals surface area (Å²) in [6, 6.07) is 4.00. The first-order valence-corrected chi connectivity index (χ1v) is 8.99. The fourth-order valence-electron chi connectivity index (χ4n) is 2.21. The molecule has 0 saturated heterocycles. The number of aryl methyl sites for hydroxylation is 1. The molecule has 4 rings (SSSR count). The summed E-state index contributed by atoms with van der Waals surface area (Å²) in [5.41, 5.74) is 3.20. The first-order chi connectivity index (χ1) is 11.9. The van der Waals surface area contributed by atoms with Crippen LogP contribution < -0.4 is 0 Å². The Morgan fingerprint density at radius 2 is 1.56 bits per heavy atom. The Labute approximate surface area is 154 Å². The minimum Gasteiger partial charge on any atom is -0.357 e. The second kappa shape index (κ2) is 11.3. The van der Waals surface area contributed by atoms with E-state index < -0.39 is 0 Å². The molecule has 0 radical (unpaired) electrons. The van der Waals surface area contributed by atoms with Crippen molar-refractivity contribution >= 4 is 0 Å². The van der Waals surface area contributed by atoms with E-state index >= 15 is 0 Å². The molecular formula is C24H33N. The van der Waals surface area contributed by atoms with Crippen LogP contribution in [-0.4, -0.2) is 4.57 Å². The van der Waals surface area contributed by atoms with Gasteiger partial charge in [-0.1, -0.05) is 85.8 Å². The van der Waals surface area contributed by atoms with Crippen molar-refractivity contribution in [1.82, 2.24) is 4.57 Å². The topological polar surface area (TPSA) is 4.93 Å². The van der Waals surface area contributed by atoms with Crippen LogP contribution in [0.15, 0.2) is 96.4 Å². The van der Waals surface area contributed by atoms with E-state index in [1.165, 1.54) is 17.6 Å². The fourth-order valence-corrected chi connectivity index (χ4v) is 2.21. The van der Waals surface area contributed by atoms with Gasteiger partial charge in [-0.2, -0.15) is 0 Å². The molecule has 0 atom stereocenters. The van der Waals surface area contributed by atoms with E-state index in [0.717, 1.165) is 6.42 Å². The van der Waals surface area contributed by atoms with Crippen molar-refractivity contribution in [1.29, 1.82) is 0 Å². The molecular weight excluding hydrogens is 302 g/mol. The third-order valence-corrected chi connectivity index (χ3v) is 3.83. The van der Waals surface area contributed by atoms with E-state index in [4.69, 9.17) is 0 Å². The van der Waals surface area contributed by atoms with Crippen molar-refractivity contribution in [2.45, 2.75) is 40.5 Å². The monoisotopic (exact) mass is 335 g/mol. The fraction of sp³-hybridized carbons (Fsp3) is 0.333. The third-order valence-electron chi connectivity index (χ3n) is 3.83. The van der Waals surface area contributed by atoms with Gasteiger partial charge in [-0.15, -0.1) is 0 Å². The molecule has 0 bridgehead atoms. The van der Waals surface area contributed by atoms with Crippen LogP contribution in [0.25, 0.3) is 0 Å². The van der Waals surface area contributed by atoms with Gasteiger partial charge in [0, 0.05) is 24.9 Å². The quantitative estimate of drug-likeness (QED) is 0.483. The number of allylic oxidation sites excluding steroid dienone is 12. The Bertz CT molecular complexity index is 642. The summed E-state index contributed by atoms with van der Waals surface area (Å²) in [4.78, 5) is 0. The zero-order chi connectivity index (χ0) is 18.5. The van der Waals surface area contributed by atoms with E-state index in [2.05, 4.69) is 88.5 Å². The van der Waals surface area contributed by atoms with Gasteiger partial charge in [0.05, 0.1) is 0 Å². The van der Waals surface area contributed by atoms with Crippen molar-refractivity contribution < 1.29 is 0 Å². The van der Waals surface area contributed by atoms with E-state index in [1.54, 1.807) is 0 Å². The molecule has 1 nitrogen and oxygen atoms in total. The van der Waals surface area contributed by atoms with Crippen molar-refractivity contribution in [3.8, 4) is 0 Å². The van der Waals surface area contributed by atoms with Crippen molar-refractivity contribution in [3.05, 3.63) is 96.4 Å². The second-order valence-electron chi connectivity index (χ2n) is 7.12. The van der Waals surface area contributed by atoms with Crippen molar-refractivity contribution in [2.75, 3.05) is 0 Å². The summed E-state index contributed by atoms with van der Waals surface area (Å²) in [5, 5.41) is 0. The highest BCUT2D eigenvalue weighted by Gasteiger charge is 2.09. The summed E-state index contributed by atoms with van der Waals surface area (Å²) in [6.45, 7) is 8.63. The molecule has 0 unspecified atom stereocenters. The van der Waals surface area contributed by atoms with Crippen LogP contribution in [0.1, 0.15) is 40.5 Å². The average molecular weight is 336 g/mol. The lowest BCUT2D eigenvalue weighted by Crippen LogP contribution is -1.97. The molecule has 0 spiro atoms. The third kappa shape index (κ3) is 11.0. The molecule has 3 aliphatic rings. The zero-order valence-electron chi connectivity index (χ0n) is 16.4. The maximum Gasteiger partial charge on any atom is 0.0106 e. The minimum absolute atomic E-state index is 0.333. The normalized spacial score (nSPS) is 17.6. The highest BCUT2D eigenvalue weighted by Crippen LogP contribution is 2.22. The molecule has 3 aliphatic carbocycles. The van der Waals surface area contributed by atoms with Gasteiger partial charge < -0.3 is 4.57 Å². The van der Waals surface area contributed by atoms with Crippen LogP contribution in [0.2, 0.25) is 0 Å². The Morgan fingerprint density at radius 3 is 1.72 bits per heavy atom. The molecule has 0 saturated carbocycles. The molecule has 1 heterocycles. The molecule has 134 valence electrons. The highest BCUT2D eigenvalue weighted by atomic mass is 14.9. The molecule has 1 heteroatoms. The Balaban J connectivity index is 0.000000167. The first kappa shape index (κ1) is 20.8. The molecule has 1 aromatic heterocycles. The van der Waals surface area contributed by atoms with Gasteiger partial charge in [0.1, 0.15) is 0 Å². The van der Waals surface area contributed by atoms with Crippen LogP contribution in [0.5, 0.6) is 0 Å². The number of hydrogen-bond donors (Lipinski definition) is 0. The van der Waals surface area contributed by atoms with E-state index in [9.17, 15) is 0 Å². The lowest BCUT2D eigenvalue weighted by molar-refractivity contribution is 0.636. The molecule has 25 heavy (non-hydrogen) atoms. The molecule has 0 fully saturated rings. The number of rotatable bonds is 0. The van der Waals surface area contributed by atoms with Gasteiger partial charge in [0.15, 0.2) is 0 Å². The summed E-state index contributed by atoms with van der Waals surface area (Å²) in [6.07, 6.45) is 27.8. The van der Waals surface area contributed by atoms with E-state index in [-0.39, 0.29) is 0 Å². The van der Waals surface area contributed by atoms with Gasteiger partial charge in [-0.25, -0.2) is 0 Å². The molecule has 0 aromatic carbocycles. The lowest BCUT2D eigenvalue weighted by Gasteiger charge is -2.08. The number of hydrogen-bond acceptors (Lipinski definition) is 0. The molecule has 0 aliphatic heterocycles. The summed E-state index contributed by atoms with van der Waals surface area (Å²) in [5.74, 6) is 0. The smallest absolute Gasteiger partial charge is 0.0106 e. The second-order valence-corrected chi connectivity index (χ2v) is 7.12. The Hall–Kier alpha value is -2.28. The number of aromatic nitrogens is 1. The highest BCUT2D eigenvalue weighted by molar-refractivity contribution is 5.23. The predicted octanol–water partition coefficient (Wildman–Crippen LogP) is 6.95. The molecule has 0 amide bonds. The van der Waals surface area contributed by atoms with Crippen molar-refractivity contribution in [3.63, 3.8) is 0 Å². The zero-order valence-corrected chi connectivity index (χ0v) is 16.4. The minimum atomic E-state index is 0.333. The Morgan fingerprint density at radius 1 is 0.920 bits per heavy atom. The van der Waals surface area contributed by atoms with E-state index in [1.807, 2.05) is 36.1 Å². The maximum atomic E-state index is 2.21. The summed E-state index contributed by atoms with van der Waals surface area (Å²) in [7, 11) is 2.00. The largest absolute Gasteiger partial charge is 0.357 e. The average Bonchev–Trinajstić information content (AvgIpc) is 3.33. The van der Waals surface area contributed by atoms with Gasteiger partial charge in [-0.05, 0) is 38.8 Å². The van der Waals surface area contributed by atoms with Gasteiger partial charge in [-0.3, -0.25) is 0 Å². The van der Waals surface area contributed by atoms with Gasteiger partial charge in [0.2, 0.25) is 0 Å². The number of nitrogens with zero attached hydrogens (tertiary/aromatic N) is 1. The summed E-state index contributed by atoms with van der Waals surface area (Å²) < 4.78 is 2.00.